The highest BCUT2D eigenvalue weighted by Crippen LogP contribution is 2.37. The highest BCUT2D eigenvalue weighted by Gasteiger charge is 2.46. The molecule has 0 amide bonds. The Morgan fingerprint density at radius 3 is 3.17 bits per heavy atom. The average Bonchev–Trinajstić information content (AvgIpc) is 3.24. The molecule has 2 aromatic heterocycles. The van der Waals surface area contributed by atoms with Crippen LogP contribution in [0.2, 0.25) is 0 Å². The maximum absolute atomic E-state index is 6.18. The lowest BCUT2D eigenvalue weighted by Gasteiger charge is -2.23. The van der Waals surface area contributed by atoms with Crippen molar-refractivity contribution in [2.45, 2.75) is 38.0 Å². The van der Waals surface area contributed by atoms with E-state index in [1.807, 2.05) is 23.5 Å². The van der Waals surface area contributed by atoms with Gasteiger partial charge in [-0.15, -0.1) is 11.3 Å². The molecule has 0 aliphatic carbocycles. The largest absolute Gasteiger partial charge is 0.486 e. The first kappa shape index (κ1) is 15.1. The van der Waals surface area contributed by atoms with Crippen molar-refractivity contribution in [3.8, 4) is 5.75 Å². The summed E-state index contributed by atoms with van der Waals surface area (Å²) in [5, 5.41) is 0. The molecule has 5 heteroatoms. The van der Waals surface area contributed by atoms with Gasteiger partial charge in [-0.1, -0.05) is 0 Å². The summed E-state index contributed by atoms with van der Waals surface area (Å²) in [6, 6.07) is 8.31. The van der Waals surface area contributed by atoms with Gasteiger partial charge in [0.15, 0.2) is 0 Å². The first-order valence-electron chi connectivity index (χ1n) is 8.19. The predicted molar refractivity (Wildman–Crippen MR) is 90.9 cm³/mol. The van der Waals surface area contributed by atoms with Gasteiger partial charge in [0.05, 0.1) is 18.4 Å². The summed E-state index contributed by atoms with van der Waals surface area (Å²) in [7, 11) is 0. The molecule has 122 valence electrons. The number of hydrogen-bond donors (Lipinski definition) is 0. The molecule has 4 rings (SSSR count). The van der Waals surface area contributed by atoms with Gasteiger partial charge in [-0.2, -0.15) is 0 Å². The highest BCUT2D eigenvalue weighted by molar-refractivity contribution is 7.11. The van der Waals surface area contributed by atoms with Crippen LogP contribution in [0.5, 0.6) is 5.75 Å². The number of nitrogens with zero attached hydrogens (tertiary/aromatic N) is 2. The number of ether oxygens (including phenoxy) is 2. The topological polar surface area (TPSA) is 34.6 Å². The van der Waals surface area contributed by atoms with Crippen molar-refractivity contribution in [1.29, 1.82) is 0 Å². The predicted octanol–water partition coefficient (Wildman–Crippen LogP) is 3.26. The highest BCUT2D eigenvalue weighted by atomic mass is 32.1. The summed E-state index contributed by atoms with van der Waals surface area (Å²) in [5.74, 6) is 0.835. The molecule has 23 heavy (non-hydrogen) atoms. The molecule has 2 aliphatic heterocycles. The van der Waals surface area contributed by atoms with Gasteiger partial charge in [0.25, 0.3) is 0 Å². The molecule has 0 aromatic carbocycles. The van der Waals surface area contributed by atoms with Crippen LogP contribution in [-0.2, 0) is 11.3 Å². The lowest BCUT2D eigenvalue weighted by molar-refractivity contribution is 0.00940. The summed E-state index contributed by atoms with van der Waals surface area (Å²) in [6.45, 7) is 6.01. The Labute approximate surface area is 141 Å². The second-order valence-corrected chi connectivity index (χ2v) is 7.97. The van der Waals surface area contributed by atoms with E-state index in [1.165, 1.54) is 9.75 Å². The Balaban J connectivity index is 1.34. The Hall–Kier alpha value is -1.43. The third-order valence-electron chi connectivity index (χ3n) is 4.68. The van der Waals surface area contributed by atoms with E-state index in [4.69, 9.17) is 9.47 Å². The first-order chi connectivity index (χ1) is 11.2. The van der Waals surface area contributed by atoms with Crippen molar-refractivity contribution >= 4 is 11.3 Å². The van der Waals surface area contributed by atoms with Crippen LogP contribution in [0.1, 0.15) is 22.6 Å². The van der Waals surface area contributed by atoms with Crippen molar-refractivity contribution in [3.05, 3.63) is 46.4 Å². The lowest BCUT2D eigenvalue weighted by Crippen LogP contribution is -2.33. The van der Waals surface area contributed by atoms with E-state index >= 15 is 0 Å². The number of aryl methyl sites for hydroxylation is 1. The van der Waals surface area contributed by atoms with Crippen molar-refractivity contribution < 1.29 is 9.47 Å². The lowest BCUT2D eigenvalue weighted by atomic mass is 9.98. The quantitative estimate of drug-likeness (QED) is 0.862. The fraction of sp³-hybridized carbons (Fsp3) is 0.500. The van der Waals surface area contributed by atoms with Crippen LogP contribution in [0.3, 0.4) is 0 Å². The van der Waals surface area contributed by atoms with Crippen LogP contribution in [0, 0.1) is 6.92 Å². The molecule has 0 N–H and O–H groups in total. The molecule has 0 bridgehead atoms. The number of rotatable bonds is 4. The minimum Gasteiger partial charge on any atom is -0.486 e. The molecule has 4 nitrogen and oxygen atoms in total. The minimum absolute atomic E-state index is 0.0147. The molecule has 2 aliphatic rings. The summed E-state index contributed by atoms with van der Waals surface area (Å²) in [6.07, 6.45) is 5.75. The SMILES string of the molecule is Cc1ccc(CN2CCC3(CC(Oc4cccnc4)CO3)C2)s1. The molecular weight excluding hydrogens is 308 g/mol. The minimum atomic E-state index is -0.0147. The van der Waals surface area contributed by atoms with E-state index in [2.05, 4.69) is 28.9 Å². The standard InChI is InChI=1S/C18H22N2O2S/c1-14-4-5-17(23-14)11-20-8-6-18(13-20)9-16(12-21-18)22-15-3-2-7-19-10-15/h2-5,7,10,16H,6,8-9,11-13H2,1H3. The third kappa shape index (κ3) is 3.42. The van der Waals surface area contributed by atoms with Crippen molar-refractivity contribution in [2.75, 3.05) is 19.7 Å². The van der Waals surface area contributed by atoms with Gasteiger partial charge >= 0.3 is 0 Å². The van der Waals surface area contributed by atoms with Gasteiger partial charge in [0.2, 0.25) is 0 Å². The number of pyridine rings is 1. The molecule has 2 atom stereocenters. The van der Waals surface area contributed by atoms with E-state index in [9.17, 15) is 0 Å². The molecule has 0 radical (unpaired) electrons. The Kier molecular flexibility index (Phi) is 4.09. The van der Waals surface area contributed by atoms with Crippen LogP contribution < -0.4 is 4.74 Å². The third-order valence-corrected chi connectivity index (χ3v) is 5.67. The van der Waals surface area contributed by atoms with E-state index in [1.54, 1.807) is 12.4 Å². The van der Waals surface area contributed by atoms with Crippen LogP contribution in [-0.4, -0.2) is 41.3 Å². The zero-order valence-corrected chi connectivity index (χ0v) is 14.2. The normalized spacial score (nSPS) is 27.8. The Bertz CT molecular complexity index is 660. The van der Waals surface area contributed by atoms with Crippen LogP contribution in [0.15, 0.2) is 36.7 Å². The molecule has 1 spiro atoms. The van der Waals surface area contributed by atoms with E-state index in [0.717, 1.165) is 38.2 Å². The fourth-order valence-electron chi connectivity index (χ4n) is 3.62. The van der Waals surface area contributed by atoms with Crippen molar-refractivity contribution in [2.24, 2.45) is 0 Å². The Morgan fingerprint density at radius 1 is 1.43 bits per heavy atom. The number of thiophene rings is 1. The van der Waals surface area contributed by atoms with Gasteiger partial charge < -0.3 is 9.47 Å². The molecule has 2 aromatic rings. The van der Waals surface area contributed by atoms with E-state index in [0.29, 0.717) is 6.61 Å². The Morgan fingerprint density at radius 2 is 2.39 bits per heavy atom. The molecule has 4 heterocycles. The second-order valence-electron chi connectivity index (χ2n) is 6.60. The van der Waals surface area contributed by atoms with E-state index < -0.39 is 0 Å². The van der Waals surface area contributed by atoms with Gasteiger partial charge in [-0.3, -0.25) is 9.88 Å². The summed E-state index contributed by atoms with van der Waals surface area (Å²) >= 11 is 1.89. The smallest absolute Gasteiger partial charge is 0.138 e. The monoisotopic (exact) mass is 330 g/mol. The van der Waals surface area contributed by atoms with Crippen LogP contribution in [0.25, 0.3) is 0 Å². The summed E-state index contributed by atoms with van der Waals surface area (Å²) in [5.41, 5.74) is -0.0147. The van der Waals surface area contributed by atoms with Crippen LogP contribution in [0.4, 0.5) is 0 Å². The molecule has 2 unspecified atom stereocenters. The summed E-state index contributed by atoms with van der Waals surface area (Å²) in [4.78, 5) is 9.45. The van der Waals surface area contributed by atoms with Gasteiger partial charge in [-0.25, -0.2) is 0 Å². The molecular formula is C18H22N2O2S. The molecule has 2 saturated heterocycles. The maximum Gasteiger partial charge on any atom is 0.138 e. The first-order valence-corrected chi connectivity index (χ1v) is 9.01. The molecule has 2 fully saturated rings. The zero-order chi connectivity index (χ0) is 15.7. The van der Waals surface area contributed by atoms with E-state index in [-0.39, 0.29) is 11.7 Å². The van der Waals surface area contributed by atoms with Gasteiger partial charge in [0, 0.05) is 42.0 Å². The van der Waals surface area contributed by atoms with Gasteiger partial charge in [0.1, 0.15) is 11.9 Å². The average molecular weight is 330 g/mol. The summed E-state index contributed by atoms with van der Waals surface area (Å²) < 4.78 is 12.2. The number of likely N-dealkylation sites (tertiary alicyclic amines) is 1. The number of hydrogen-bond acceptors (Lipinski definition) is 5. The van der Waals surface area contributed by atoms with Crippen LogP contribution >= 0.6 is 11.3 Å². The van der Waals surface area contributed by atoms with Crippen molar-refractivity contribution in [3.63, 3.8) is 0 Å². The fourth-order valence-corrected chi connectivity index (χ4v) is 4.56. The van der Waals surface area contributed by atoms with Gasteiger partial charge in [-0.05, 0) is 37.6 Å². The number of aromatic nitrogens is 1. The second kappa shape index (κ2) is 6.23. The van der Waals surface area contributed by atoms with Crippen molar-refractivity contribution in [1.82, 2.24) is 9.88 Å². The zero-order valence-electron chi connectivity index (χ0n) is 13.4. The maximum atomic E-state index is 6.18. The molecule has 0 saturated carbocycles.